The van der Waals surface area contributed by atoms with Crippen molar-refractivity contribution in [3.8, 4) is 11.5 Å². The fourth-order valence-electron chi connectivity index (χ4n) is 3.06. The van der Waals surface area contributed by atoms with E-state index in [-0.39, 0.29) is 25.1 Å². The molecule has 0 saturated heterocycles. The molecule has 0 radical (unpaired) electrons. The van der Waals surface area contributed by atoms with Crippen LogP contribution in [-0.4, -0.2) is 17.3 Å². The number of benzene rings is 1. The van der Waals surface area contributed by atoms with E-state index < -0.39 is 0 Å². The lowest BCUT2D eigenvalue weighted by atomic mass is 10.2. The van der Waals surface area contributed by atoms with Crippen LogP contribution in [0, 0.1) is 13.8 Å². The fraction of sp³-hybridized carbons (Fsp3) is 0.353. The van der Waals surface area contributed by atoms with Gasteiger partial charge < -0.3 is 25.1 Å². The van der Waals surface area contributed by atoms with Gasteiger partial charge in [-0.05, 0) is 33.8 Å². The molecule has 130 valence electrons. The summed E-state index contributed by atoms with van der Waals surface area (Å²) in [4.78, 5) is 12.6. The average Bonchev–Trinajstić information content (AvgIpc) is 3.02. The molecule has 2 heterocycles. The van der Waals surface area contributed by atoms with Crippen LogP contribution in [-0.2, 0) is 0 Å². The van der Waals surface area contributed by atoms with Crippen LogP contribution in [0.5, 0.6) is 11.5 Å². The van der Waals surface area contributed by atoms with Gasteiger partial charge >= 0.3 is 0 Å². The summed E-state index contributed by atoms with van der Waals surface area (Å²) >= 11 is 0. The zero-order valence-electron chi connectivity index (χ0n) is 14.2. The first-order valence-corrected chi connectivity index (χ1v) is 7.57. The monoisotopic (exact) mass is 351 g/mol. The third-order valence-corrected chi connectivity index (χ3v) is 4.04. The van der Waals surface area contributed by atoms with Crippen molar-refractivity contribution in [2.24, 2.45) is 0 Å². The molecule has 0 aliphatic carbocycles. The van der Waals surface area contributed by atoms with Crippen molar-refractivity contribution in [2.75, 3.05) is 17.8 Å². The molecule has 0 spiro atoms. The SMILES string of the molecule is Cc1cc(C(=O)Nc2cc3c(cc2N)OCO3)c(C)n1C(C)C.Cl. The van der Waals surface area contributed by atoms with Crippen molar-refractivity contribution in [1.82, 2.24) is 4.57 Å². The molecule has 0 fully saturated rings. The van der Waals surface area contributed by atoms with Crippen molar-refractivity contribution >= 4 is 29.7 Å². The Morgan fingerprint density at radius 3 is 2.42 bits per heavy atom. The Kier molecular flexibility index (Phi) is 4.99. The summed E-state index contributed by atoms with van der Waals surface area (Å²) in [5, 5.41) is 2.86. The number of carbonyl (C=O) groups is 1. The first kappa shape index (κ1) is 18.0. The summed E-state index contributed by atoms with van der Waals surface area (Å²) in [6.45, 7) is 8.31. The van der Waals surface area contributed by atoms with Crippen molar-refractivity contribution in [2.45, 2.75) is 33.7 Å². The number of nitrogen functional groups attached to an aromatic ring is 1. The highest BCUT2D eigenvalue weighted by Gasteiger charge is 2.20. The quantitative estimate of drug-likeness (QED) is 0.827. The fourth-order valence-corrected chi connectivity index (χ4v) is 3.06. The Hall–Kier alpha value is -2.34. The normalized spacial score (nSPS) is 12.2. The molecule has 2 aromatic rings. The maximum Gasteiger partial charge on any atom is 0.257 e. The van der Waals surface area contributed by atoms with Gasteiger partial charge in [0.1, 0.15) is 0 Å². The molecule has 1 aliphatic heterocycles. The van der Waals surface area contributed by atoms with Gasteiger partial charge in [-0.15, -0.1) is 12.4 Å². The van der Waals surface area contributed by atoms with E-state index >= 15 is 0 Å². The Bertz CT molecular complexity index is 784. The van der Waals surface area contributed by atoms with Crippen LogP contribution in [0.2, 0.25) is 0 Å². The molecule has 0 atom stereocenters. The van der Waals surface area contributed by atoms with Gasteiger partial charge in [-0.3, -0.25) is 4.79 Å². The van der Waals surface area contributed by atoms with Gasteiger partial charge in [-0.25, -0.2) is 0 Å². The second-order valence-corrected chi connectivity index (χ2v) is 6.00. The molecule has 3 rings (SSSR count). The zero-order valence-corrected chi connectivity index (χ0v) is 15.0. The Labute approximate surface area is 147 Å². The van der Waals surface area contributed by atoms with Gasteiger partial charge in [0.05, 0.1) is 16.9 Å². The van der Waals surface area contributed by atoms with Gasteiger partial charge in [0.25, 0.3) is 5.91 Å². The lowest BCUT2D eigenvalue weighted by molar-refractivity contribution is 0.102. The number of anilines is 2. The number of nitrogens with zero attached hydrogens (tertiary/aromatic N) is 1. The lowest BCUT2D eigenvalue weighted by Crippen LogP contribution is -2.15. The molecular weight excluding hydrogens is 330 g/mol. The van der Waals surface area contributed by atoms with Gasteiger partial charge in [0.15, 0.2) is 11.5 Å². The predicted octanol–water partition coefficient (Wildman–Crippen LogP) is 3.67. The average molecular weight is 352 g/mol. The largest absolute Gasteiger partial charge is 0.454 e. The van der Waals surface area contributed by atoms with Gasteiger partial charge in [-0.2, -0.15) is 0 Å². The standard InChI is InChI=1S/C17H21N3O3.ClH/c1-9(2)20-10(3)5-12(11(20)4)17(21)19-14-7-16-15(6-13(14)18)22-8-23-16;/h5-7,9H,8,18H2,1-4H3,(H,19,21);1H. The molecule has 3 N–H and O–H groups in total. The molecular formula is C17H22ClN3O3. The number of aromatic nitrogens is 1. The summed E-state index contributed by atoms with van der Waals surface area (Å²) in [6, 6.07) is 5.55. The highest BCUT2D eigenvalue weighted by Crippen LogP contribution is 2.38. The molecule has 7 heteroatoms. The number of ether oxygens (including phenoxy) is 2. The number of halogens is 1. The highest BCUT2D eigenvalue weighted by molar-refractivity contribution is 6.07. The minimum absolute atomic E-state index is 0. The molecule has 0 saturated carbocycles. The van der Waals surface area contributed by atoms with E-state index in [1.54, 1.807) is 12.1 Å². The van der Waals surface area contributed by atoms with E-state index in [1.165, 1.54) is 0 Å². The van der Waals surface area contributed by atoms with Crippen LogP contribution in [0.3, 0.4) is 0 Å². The number of hydrogen-bond donors (Lipinski definition) is 2. The van der Waals surface area contributed by atoms with E-state index in [0.29, 0.717) is 34.5 Å². The molecule has 24 heavy (non-hydrogen) atoms. The Morgan fingerprint density at radius 2 is 1.83 bits per heavy atom. The van der Waals surface area contributed by atoms with E-state index in [0.717, 1.165) is 11.4 Å². The number of nitrogens with one attached hydrogen (secondary N) is 1. The number of rotatable bonds is 3. The first-order chi connectivity index (χ1) is 10.9. The summed E-state index contributed by atoms with van der Waals surface area (Å²) in [5.74, 6) is 0.996. The zero-order chi connectivity index (χ0) is 16.7. The molecule has 6 nitrogen and oxygen atoms in total. The smallest absolute Gasteiger partial charge is 0.257 e. The molecule has 1 amide bonds. The molecule has 0 bridgehead atoms. The van der Waals surface area contributed by atoms with Crippen LogP contribution >= 0.6 is 12.4 Å². The third-order valence-electron chi connectivity index (χ3n) is 4.04. The predicted molar refractivity (Wildman–Crippen MR) is 96.5 cm³/mol. The number of fused-ring (bicyclic) bond motifs is 1. The molecule has 0 unspecified atom stereocenters. The van der Waals surface area contributed by atoms with E-state index in [2.05, 4.69) is 23.7 Å². The first-order valence-electron chi connectivity index (χ1n) is 7.57. The Balaban J connectivity index is 0.00000208. The number of aryl methyl sites for hydroxylation is 1. The second kappa shape index (κ2) is 6.65. The second-order valence-electron chi connectivity index (χ2n) is 6.00. The Morgan fingerprint density at radius 1 is 1.21 bits per heavy atom. The maximum atomic E-state index is 12.6. The van der Waals surface area contributed by atoms with Gasteiger partial charge in [0.2, 0.25) is 6.79 Å². The van der Waals surface area contributed by atoms with Crippen LogP contribution in [0.4, 0.5) is 11.4 Å². The van der Waals surface area contributed by atoms with E-state index in [1.807, 2.05) is 19.9 Å². The molecule has 1 aromatic heterocycles. The maximum absolute atomic E-state index is 12.6. The van der Waals surface area contributed by atoms with E-state index in [9.17, 15) is 4.79 Å². The summed E-state index contributed by atoms with van der Waals surface area (Å²) in [6.07, 6.45) is 0. The van der Waals surface area contributed by atoms with Crippen molar-refractivity contribution < 1.29 is 14.3 Å². The number of hydrogen-bond acceptors (Lipinski definition) is 4. The van der Waals surface area contributed by atoms with Crippen molar-refractivity contribution in [3.05, 3.63) is 35.2 Å². The van der Waals surface area contributed by atoms with Crippen LogP contribution < -0.4 is 20.5 Å². The summed E-state index contributed by atoms with van der Waals surface area (Å²) in [7, 11) is 0. The third kappa shape index (κ3) is 3.01. The summed E-state index contributed by atoms with van der Waals surface area (Å²) in [5.41, 5.74) is 9.59. The minimum Gasteiger partial charge on any atom is -0.454 e. The molecule has 1 aromatic carbocycles. The molecule has 1 aliphatic rings. The number of amides is 1. The number of nitrogens with two attached hydrogens (primary N) is 1. The lowest BCUT2D eigenvalue weighted by Gasteiger charge is -2.14. The van der Waals surface area contributed by atoms with Crippen LogP contribution in [0.15, 0.2) is 18.2 Å². The summed E-state index contributed by atoms with van der Waals surface area (Å²) < 4.78 is 12.7. The van der Waals surface area contributed by atoms with Gasteiger partial charge in [-0.1, -0.05) is 0 Å². The van der Waals surface area contributed by atoms with E-state index in [4.69, 9.17) is 15.2 Å². The highest BCUT2D eigenvalue weighted by atomic mass is 35.5. The van der Waals surface area contributed by atoms with Gasteiger partial charge in [0, 0.05) is 29.6 Å². The van der Waals surface area contributed by atoms with Crippen LogP contribution in [0.25, 0.3) is 0 Å². The van der Waals surface area contributed by atoms with Crippen molar-refractivity contribution in [1.29, 1.82) is 0 Å². The number of carbonyl (C=O) groups excluding carboxylic acids is 1. The van der Waals surface area contributed by atoms with Crippen LogP contribution in [0.1, 0.15) is 41.6 Å². The minimum atomic E-state index is -0.185. The topological polar surface area (TPSA) is 78.5 Å². The van der Waals surface area contributed by atoms with Crippen molar-refractivity contribution in [3.63, 3.8) is 0 Å².